The van der Waals surface area contributed by atoms with Crippen LogP contribution in [0.1, 0.15) is 26.7 Å². The van der Waals surface area contributed by atoms with E-state index >= 15 is 0 Å². The molecule has 0 aliphatic carbocycles. The van der Waals surface area contributed by atoms with Crippen LogP contribution in [-0.2, 0) is 9.53 Å². The number of hydrogen-bond donors (Lipinski definition) is 2. The van der Waals surface area contributed by atoms with E-state index in [1.54, 1.807) is 6.08 Å². The molecule has 15 heavy (non-hydrogen) atoms. The van der Waals surface area contributed by atoms with Gasteiger partial charge in [0.25, 0.3) is 0 Å². The summed E-state index contributed by atoms with van der Waals surface area (Å²) < 4.78 is 4.67. The molecule has 0 aliphatic heterocycles. The third-order valence-corrected chi connectivity index (χ3v) is 1.79. The fraction of sp³-hybridized carbons (Fsp3) is 0.727. The van der Waals surface area contributed by atoms with Crippen molar-refractivity contribution in [3.05, 3.63) is 12.2 Å². The minimum absolute atomic E-state index is 0.163. The Kier molecular flexibility index (Phi) is 7.95. The molecule has 1 unspecified atom stereocenters. The highest BCUT2D eigenvalue weighted by atomic mass is 16.5. The molecule has 1 atom stereocenters. The van der Waals surface area contributed by atoms with Gasteiger partial charge >= 0.3 is 5.97 Å². The fourth-order valence-electron chi connectivity index (χ4n) is 0.888. The molecule has 2 N–H and O–H groups in total. The van der Waals surface area contributed by atoms with Gasteiger partial charge in [-0.1, -0.05) is 19.9 Å². The minimum atomic E-state index is -0.988. The van der Waals surface area contributed by atoms with Crippen LogP contribution in [-0.4, -0.2) is 35.5 Å². The van der Waals surface area contributed by atoms with Gasteiger partial charge in [0.15, 0.2) is 0 Å². The summed E-state index contributed by atoms with van der Waals surface area (Å²) in [5.74, 6) is 0.133. The Bertz CT molecular complexity index is 199. The number of esters is 1. The number of carbonyl (C=O) groups excluding carboxylic acids is 1. The van der Waals surface area contributed by atoms with Gasteiger partial charge in [0, 0.05) is 6.08 Å². The monoisotopic (exact) mass is 216 g/mol. The molecule has 0 aromatic rings. The third kappa shape index (κ3) is 9.43. The molecule has 0 aromatic carbocycles. The molecule has 88 valence electrons. The van der Waals surface area contributed by atoms with Gasteiger partial charge in [-0.25, -0.2) is 4.79 Å². The Hall–Kier alpha value is -0.870. The predicted octanol–water partition coefficient (Wildman–Crippen LogP) is 0.875. The summed E-state index contributed by atoms with van der Waals surface area (Å²) in [6.07, 6.45) is 4.00. The number of hydrogen-bond acceptors (Lipinski definition) is 4. The van der Waals surface area contributed by atoms with E-state index < -0.39 is 18.7 Å². The number of rotatable bonds is 7. The molecular formula is C11H20O4. The highest BCUT2D eigenvalue weighted by molar-refractivity contribution is 5.81. The first-order chi connectivity index (χ1) is 7.06. The summed E-state index contributed by atoms with van der Waals surface area (Å²) in [4.78, 5) is 11.0. The summed E-state index contributed by atoms with van der Waals surface area (Å²) in [6.45, 7) is 3.67. The van der Waals surface area contributed by atoms with Crippen LogP contribution >= 0.6 is 0 Å². The summed E-state index contributed by atoms with van der Waals surface area (Å²) in [6, 6.07) is 0. The standard InChI is InChI=1S/C11H20O4/c1-9(2)5-3-4-6-11(14)15-8-10(13)7-12/h4,6,9-10,12-13H,3,5,7-8H2,1-2H3. The average molecular weight is 216 g/mol. The van der Waals surface area contributed by atoms with Crippen LogP contribution in [0.2, 0.25) is 0 Å². The highest BCUT2D eigenvalue weighted by Crippen LogP contribution is 2.03. The molecule has 0 radical (unpaired) electrons. The molecular weight excluding hydrogens is 196 g/mol. The molecule has 4 heteroatoms. The fourth-order valence-corrected chi connectivity index (χ4v) is 0.888. The Morgan fingerprint density at radius 2 is 2.13 bits per heavy atom. The number of aliphatic hydroxyl groups excluding tert-OH is 2. The van der Waals surface area contributed by atoms with E-state index in [9.17, 15) is 4.79 Å². The van der Waals surface area contributed by atoms with Crippen molar-refractivity contribution in [1.82, 2.24) is 0 Å². The van der Waals surface area contributed by atoms with E-state index in [0.29, 0.717) is 5.92 Å². The zero-order valence-electron chi connectivity index (χ0n) is 9.35. The molecule has 0 amide bonds. The predicted molar refractivity (Wildman–Crippen MR) is 57.3 cm³/mol. The quantitative estimate of drug-likeness (QED) is 0.489. The first-order valence-corrected chi connectivity index (χ1v) is 5.18. The Morgan fingerprint density at radius 1 is 1.47 bits per heavy atom. The number of aliphatic hydroxyl groups is 2. The van der Waals surface area contributed by atoms with E-state index in [1.807, 2.05) is 0 Å². The number of ether oxygens (including phenoxy) is 1. The average Bonchev–Trinajstić information content (AvgIpc) is 2.20. The van der Waals surface area contributed by atoms with Gasteiger partial charge in [-0.3, -0.25) is 0 Å². The largest absolute Gasteiger partial charge is 0.460 e. The molecule has 0 aromatic heterocycles. The van der Waals surface area contributed by atoms with Crippen LogP contribution in [0.25, 0.3) is 0 Å². The zero-order chi connectivity index (χ0) is 11.7. The molecule has 0 bridgehead atoms. The minimum Gasteiger partial charge on any atom is -0.460 e. The van der Waals surface area contributed by atoms with Gasteiger partial charge < -0.3 is 14.9 Å². The van der Waals surface area contributed by atoms with Gasteiger partial charge in [0.05, 0.1) is 6.61 Å². The molecule has 0 saturated heterocycles. The van der Waals surface area contributed by atoms with Crippen molar-refractivity contribution >= 4 is 5.97 Å². The lowest BCUT2D eigenvalue weighted by Crippen LogP contribution is -2.21. The second kappa shape index (κ2) is 8.44. The Balaban J connectivity index is 3.55. The normalized spacial score (nSPS) is 13.4. The van der Waals surface area contributed by atoms with Gasteiger partial charge in [0.2, 0.25) is 0 Å². The smallest absolute Gasteiger partial charge is 0.330 e. The van der Waals surface area contributed by atoms with Crippen molar-refractivity contribution < 1.29 is 19.7 Å². The van der Waals surface area contributed by atoms with Crippen molar-refractivity contribution in [2.75, 3.05) is 13.2 Å². The lowest BCUT2D eigenvalue weighted by Gasteiger charge is -2.06. The lowest BCUT2D eigenvalue weighted by atomic mass is 10.1. The van der Waals surface area contributed by atoms with Crippen molar-refractivity contribution in [1.29, 1.82) is 0 Å². The Labute approximate surface area is 90.6 Å². The van der Waals surface area contributed by atoms with Crippen LogP contribution in [0.5, 0.6) is 0 Å². The molecule has 0 rings (SSSR count). The summed E-state index contributed by atoms with van der Waals surface area (Å²) >= 11 is 0. The molecule has 4 nitrogen and oxygen atoms in total. The summed E-state index contributed by atoms with van der Waals surface area (Å²) in [5.41, 5.74) is 0. The van der Waals surface area contributed by atoms with Gasteiger partial charge in [-0.2, -0.15) is 0 Å². The van der Waals surface area contributed by atoms with Crippen LogP contribution in [0.3, 0.4) is 0 Å². The lowest BCUT2D eigenvalue weighted by molar-refractivity contribution is -0.141. The van der Waals surface area contributed by atoms with E-state index in [-0.39, 0.29) is 6.61 Å². The van der Waals surface area contributed by atoms with Crippen molar-refractivity contribution in [3.63, 3.8) is 0 Å². The molecule has 0 spiro atoms. The second-order valence-corrected chi connectivity index (χ2v) is 3.84. The maximum absolute atomic E-state index is 11.0. The van der Waals surface area contributed by atoms with Crippen molar-refractivity contribution in [2.24, 2.45) is 5.92 Å². The van der Waals surface area contributed by atoms with Crippen LogP contribution in [0.15, 0.2) is 12.2 Å². The van der Waals surface area contributed by atoms with Gasteiger partial charge in [0.1, 0.15) is 12.7 Å². The SMILES string of the molecule is CC(C)CCC=CC(=O)OCC(O)CO. The van der Waals surface area contributed by atoms with E-state index in [0.717, 1.165) is 12.8 Å². The first kappa shape index (κ1) is 14.1. The molecule has 0 heterocycles. The highest BCUT2D eigenvalue weighted by Gasteiger charge is 2.04. The van der Waals surface area contributed by atoms with Crippen LogP contribution in [0, 0.1) is 5.92 Å². The Morgan fingerprint density at radius 3 is 2.67 bits per heavy atom. The van der Waals surface area contributed by atoms with Crippen molar-refractivity contribution in [3.8, 4) is 0 Å². The first-order valence-electron chi connectivity index (χ1n) is 5.18. The molecule has 0 fully saturated rings. The van der Waals surface area contributed by atoms with Crippen LogP contribution < -0.4 is 0 Å². The topological polar surface area (TPSA) is 66.8 Å². The number of allylic oxidation sites excluding steroid dienone is 1. The maximum atomic E-state index is 11.0. The molecule has 0 saturated carbocycles. The third-order valence-electron chi connectivity index (χ3n) is 1.79. The summed E-state index contributed by atoms with van der Waals surface area (Å²) in [5, 5.41) is 17.4. The zero-order valence-corrected chi connectivity index (χ0v) is 9.35. The van der Waals surface area contributed by atoms with Gasteiger partial charge in [-0.05, 0) is 18.8 Å². The second-order valence-electron chi connectivity index (χ2n) is 3.84. The van der Waals surface area contributed by atoms with E-state index in [1.165, 1.54) is 6.08 Å². The summed E-state index contributed by atoms with van der Waals surface area (Å²) in [7, 11) is 0. The van der Waals surface area contributed by atoms with E-state index in [4.69, 9.17) is 10.2 Å². The number of carbonyl (C=O) groups is 1. The maximum Gasteiger partial charge on any atom is 0.330 e. The van der Waals surface area contributed by atoms with Crippen LogP contribution in [0.4, 0.5) is 0 Å². The van der Waals surface area contributed by atoms with E-state index in [2.05, 4.69) is 18.6 Å². The molecule has 0 aliphatic rings. The van der Waals surface area contributed by atoms with Crippen molar-refractivity contribution in [2.45, 2.75) is 32.8 Å². The van der Waals surface area contributed by atoms with Gasteiger partial charge in [-0.15, -0.1) is 0 Å².